The van der Waals surface area contributed by atoms with Gasteiger partial charge in [-0.2, -0.15) is 0 Å². The summed E-state index contributed by atoms with van der Waals surface area (Å²) in [6.07, 6.45) is 7.52. The maximum atomic E-state index is 13.2. The maximum Gasteiger partial charge on any atom is 0.338 e. The molecule has 3 saturated carbocycles. The summed E-state index contributed by atoms with van der Waals surface area (Å²) in [6.45, 7) is 14.8. The Labute approximate surface area is 267 Å². The largest absolute Gasteiger partial charge is 0.504 e. The van der Waals surface area contributed by atoms with Crippen molar-refractivity contribution in [1.29, 1.82) is 0 Å². The predicted octanol–water partition coefficient (Wildman–Crippen LogP) is 5.88. The van der Waals surface area contributed by atoms with Crippen molar-refractivity contribution in [3.05, 3.63) is 35.4 Å². The molecule has 5 aliphatic rings. The van der Waals surface area contributed by atoms with Crippen LogP contribution in [-0.4, -0.2) is 67.6 Å². The first-order valence-electron chi connectivity index (χ1n) is 17.0. The van der Waals surface area contributed by atoms with Crippen LogP contribution in [0.2, 0.25) is 0 Å². The van der Waals surface area contributed by atoms with Crippen LogP contribution in [0.25, 0.3) is 0 Å². The van der Waals surface area contributed by atoms with E-state index in [1.165, 1.54) is 17.7 Å². The highest BCUT2D eigenvalue weighted by Crippen LogP contribution is 2.75. The average Bonchev–Trinajstić information content (AvgIpc) is 3.54. The lowest BCUT2D eigenvalue weighted by Gasteiger charge is -2.69. The van der Waals surface area contributed by atoms with Gasteiger partial charge in [-0.05, 0) is 118 Å². The van der Waals surface area contributed by atoms with E-state index in [1.54, 1.807) is 0 Å². The molecular formula is C37H54O8. The van der Waals surface area contributed by atoms with Gasteiger partial charge in [-0.15, -0.1) is 0 Å². The highest BCUT2D eigenvalue weighted by molar-refractivity contribution is 5.90. The molecule has 4 fully saturated rings. The minimum atomic E-state index is -0.973. The van der Waals surface area contributed by atoms with Crippen molar-refractivity contribution in [2.24, 2.45) is 39.4 Å². The highest BCUT2D eigenvalue weighted by Gasteiger charge is 2.70. The summed E-state index contributed by atoms with van der Waals surface area (Å²) >= 11 is 0. The van der Waals surface area contributed by atoms with E-state index in [0.717, 1.165) is 51.0 Å². The SMILES string of the molecule is CC(C)(O)[C@H]1CC[C@@](C)([C@H]2CC[C@]3(C)C2=CC[C@@H]2[C@@]4(C)C[C@@H](O)[C@H](OC(=O)c5ccc(O)c(O)c5)[C@](C)(CO)[C@@H]4CC[C@]23C)O1. The minimum Gasteiger partial charge on any atom is -0.504 e. The van der Waals surface area contributed by atoms with Crippen molar-refractivity contribution < 1.29 is 39.8 Å². The number of fused-ring (bicyclic) bond motifs is 5. The van der Waals surface area contributed by atoms with Gasteiger partial charge in [-0.25, -0.2) is 4.79 Å². The van der Waals surface area contributed by atoms with Crippen molar-refractivity contribution in [2.75, 3.05) is 6.61 Å². The van der Waals surface area contributed by atoms with Crippen LogP contribution in [0.3, 0.4) is 0 Å². The molecule has 45 heavy (non-hydrogen) atoms. The van der Waals surface area contributed by atoms with E-state index < -0.39 is 34.9 Å². The first-order valence-corrected chi connectivity index (χ1v) is 17.0. The summed E-state index contributed by atoms with van der Waals surface area (Å²) in [7, 11) is 0. The zero-order valence-electron chi connectivity index (χ0n) is 28.1. The molecule has 1 aromatic rings. The number of benzene rings is 1. The van der Waals surface area contributed by atoms with E-state index in [-0.39, 0.29) is 57.7 Å². The Morgan fingerprint density at radius 3 is 2.33 bits per heavy atom. The van der Waals surface area contributed by atoms with Crippen LogP contribution in [-0.2, 0) is 9.47 Å². The summed E-state index contributed by atoms with van der Waals surface area (Å²) in [5.74, 6) is -0.870. The van der Waals surface area contributed by atoms with Crippen LogP contribution >= 0.6 is 0 Å². The smallest absolute Gasteiger partial charge is 0.338 e. The Hall–Kier alpha value is -2.13. The number of hydrogen-bond acceptors (Lipinski definition) is 8. The van der Waals surface area contributed by atoms with Gasteiger partial charge >= 0.3 is 5.97 Å². The molecule has 4 aliphatic carbocycles. The van der Waals surface area contributed by atoms with Gasteiger partial charge in [0.2, 0.25) is 0 Å². The first-order chi connectivity index (χ1) is 20.8. The normalized spacial score (nSPS) is 46.1. The standard InChI is InChI=1S/C37H54O8/c1-32(2,43)29-14-17-37(7,45-29)23-12-15-35(5)22(23)9-11-28-33(3)19-26(41)30(34(4,20-38)27(33)13-16-36(28,35)6)44-31(42)21-8-10-24(39)25(40)18-21/h8-10,18,23,26-30,38-41,43H,11-17,19-20H2,1-7H3/t23-,26+,27+,28+,29+,30-,33-,34+,35+,36+,37-/m0/s1. The van der Waals surface area contributed by atoms with Crippen LogP contribution in [0.5, 0.6) is 11.5 Å². The number of phenolic OH excluding ortho intramolecular Hbond substituents is 2. The van der Waals surface area contributed by atoms with E-state index in [9.17, 15) is 30.3 Å². The lowest BCUT2D eigenvalue weighted by atomic mass is 9.36. The van der Waals surface area contributed by atoms with Crippen LogP contribution in [0.15, 0.2) is 29.8 Å². The monoisotopic (exact) mass is 626 g/mol. The second kappa shape index (κ2) is 10.4. The molecule has 0 unspecified atom stereocenters. The Morgan fingerprint density at radius 1 is 1.00 bits per heavy atom. The third-order valence-electron chi connectivity index (χ3n) is 14.2. The Balaban J connectivity index is 1.29. The number of aliphatic hydroxyl groups is 3. The van der Waals surface area contributed by atoms with Gasteiger partial charge in [-0.3, -0.25) is 0 Å². The lowest BCUT2D eigenvalue weighted by molar-refractivity contribution is -0.238. The fourth-order valence-electron chi connectivity index (χ4n) is 11.5. The molecule has 1 aliphatic heterocycles. The molecule has 0 radical (unpaired) electrons. The molecule has 8 heteroatoms. The third kappa shape index (κ3) is 4.63. The summed E-state index contributed by atoms with van der Waals surface area (Å²) < 4.78 is 12.7. The van der Waals surface area contributed by atoms with E-state index in [1.807, 2.05) is 20.8 Å². The molecule has 0 amide bonds. The van der Waals surface area contributed by atoms with E-state index >= 15 is 0 Å². The number of esters is 1. The zero-order chi connectivity index (χ0) is 33.0. The molecule has 8 nitrogen and oxygen atoms in total. The zero-order valence-corrected chi connectivity index (χ0v) is 28.1. The summed E-state index contributed by atoms with van der Waals surface area (Å²) in [5, 5.41) is 53.0. The quantitative estimate of drug-likeness (QED) is 0.155. The summed E-state index contributed by atoms with van der Waals surface area (Å²) in [5.41, 5.74) is -0.819. The topological polar surface area (TPSA) is 137 Å². The lowest BCUT2D eigenvalue weighted by Crippen LogP contribution is -2.67. The maximum absolute atomic E-state index is 13.2. The van der Waals surface area contributed by atoms with Crippen molar-refractivity contribution in [3.63, 3.8) is 0 Å². The van der Waals surface area contributed by atoms with E-state index in [4.69, 9.17) is 9.47 Å². The van der Waals surface area contributed by atoms with Gasteiger partial charge in [0.05, 0.1) is 35.6 Å². The van der Waals surface area contributed by atoms with Gasteiger partial charge in [0, 0.05) is 11.3 Å². The fourth-order valence-corrected chi connectivity index (χ4v) is 11.5. The molecule has 11 atom stereocenters. The highest BCUT2D eigenvalue weighted by atomic mass is 16.6. The number of aliphatic hydroxyl groups excluding tert-OH is 2. The average molecular weight is 627 g/mol. The van der Waals surface area contributed by atoms with E-state index in [2.05, 4.69) is 33.8 Å². The van der Waals surface area contributed by atoms with Gasteiger partial charge in [-0.1, -0.05) is 39.3 Å². The van der Waals surface area contributed by atoms with Crippen LogP contribution in [0, 0.1) is 39.4 Å². The van der Waals surface area contributed by atoms with Crippen molar-refractivity contribution in [1.82, 2.24) is 0 Å². The second-order valence-electron chi connectivity index (χ2n) is 17.0. The molecule has 250 valence electrons. The molecule has 1 aromatic carbocycles. The molecule has 0 aromatic heterocycles. The van der Waals surface area contributed by atoms with Crippen molar-refractivity contribution in [3.8, 4) is 11.5 Å². The number of carbonyl (C=O) groups is 1. The van der Waals surface area contributed by atoms with Crippen LogP contribution < -0.4 is 0 Å². The summed E-state index contributed by atoms with van der Waals surface area (Å²) in [6, 6.07) is 3.77. The van der Waals surface area contributed by atoms with Gasteiger partial charge in [0.15, 0.2) is 11.5 Å². The fraction of sp³-hybridized carbons (Fsp3) is 0.757. The van der Waals surface area contributed by atoms with E-state index in [0.29, 0.717) is 12.3 Å². The van der Waals surface area contributed by atoms with Gasteiger partial charge in [0.1, 0.15) is 6.10 Å². The number of phenols is 2. The third-order valence-corrected chi connectivity index (χ3v) is 14.2. The Kier molecular flexibility index (Phi) is 7.60. The van der Waals surface area contributed by atoms with Crippen LogP contribution in [0.4, 0.5) is 0 Å². The number of hydrogen-bond donors (Lipinski definition) is 5. The molecule has 6 rings (SSSR count). The number of carbonyl (C=O) groups excluding carboxylic acids is 1. The minimum absolute atomic E-state index is 0.0153. The number of aromatic hydroxyl groups is 2. The molecule has 1 saturated heterocycles. The first kappa shape index (κ1) is 32.8. The second-order valence-corrected chi connectivity index (χ2v) is 17.0. The van der Waals surface area contributed by atoms with Crippen molar-refractivity contribution >= 4 is 5.97 Å². The number of ether oxygens (including phenoxy) is 2. The molecule has 1 heterocycles. The summed E-state index contributed by atoms with van der Waals surface area (Å²) in [4.78, 5) is 13.2. The van der Waals surface area contributed by atoms with Crippen molar-refractivity contribution in [2.45, 2.75) is 129 Å². The molecule has 0 bridgehead atoms. The predicted molar refractivity (Wildman–Crippen MR) is 170 cm³/mol. The Morgan fingerprint density at radius 2 is 1.71 bits per heavy atom. The molecule has 0 spiro atoms. The van der Waals surface area contributed by atoms with Crippen LogP contribution in [0.1, 0.15) is 110 Å². The van der Waals surface area contributed by atoms with Gasteiger partial charge in [0.25, 0.3) is 0 Å². The number of rotatable bonds is 5. The number of allylic oxidation sites excluding steroid dienone is 1. The Bertz CT molecular complexity index is 1380. The van der Waals surface area contributed by atoms with Gasteiger partial charge < -0.3 is 35.0 Å². The molecule has 5 N–H and O–H groups in total. The molecular weight excluding hydrogens is 572 g/mol.